The quantitative estimate of drug-likeness (QED) is 0.675. The van der Waals surface area contributed by atoms with Gasteiger partial charge in [-0.25, -0.2) is 0 Å². The van der Waals surface area contributed by atoms with Crippen LogP contribution in [0.3, 0.4) is 0 Å². The normalized spacial score (nSPS) is 15.5. The summed E-state index contributed by atoms with van der Waals surface area (Å²) in [6, 6.07) is 13.1. The summed E-state index contributed by atoms with van der Waals surface area (Å²) in [7, 11) is 3.13. The fraction of sp³-hybridized carbons (Fsp3) is 0.158. The Morgan fingerprint density at radius 3 is 2.56 bits per heavy atom. The molecule has 1 amide bonds. The summed E-state index contributed by atoms with van der Waals surface area (Å²) in [4.78, 5) is 14.3. The van der Waals surface area contributed by atoms with Gasteiger partial charge in [0.25, 0.3) is 5.91 Å². The maximum absolute atomic E-state index is 12.8. The molecule has 0 unspecified atom stereocenters. The van der Waals surface area contributed by atoms with Crippen molar-refractivity contribution in [2.75, 3.05) is 19.1 Å². The summed E-state index contributed by atoms with van der Waals surface area (Å²) in [5.41, 5.74) is 2.91. The zero-order valence-electron chi connectivity index (χ0n) is 14.2. The van der Waals surface area contributed by atoms with E-state index in [1.165, 1.54) is 4.90 Å². The smallest absolute Gasteiger partial charge is 0.281 e. The van der Waals surface area contributed by atoms with Gasteiger partial charge in [0.2, 0.25) is 0 Å². The lowest BCUT2D eigenvalue weighted by molar-refractivity contribution is -0.113. The summed E-state index contributed by atoms with van der Waals surface area (Å²) in [5, 5.41) is 3.33. The lowest BCUT2D eigenvalue weighted by Gasteiger charge is -2.14. The summed E-state index contributed by atoms with van der Waals surface area (Å²) < 4.78 is 10.7. The number of methoxy groups -OCH3 is 2. The van der Waals surface area contributed by atoms with E-state index in [4.69, 9.17) is 21.7 Å². The van der Waals surface area contributed by atoms with Crippen LogP contribution in [0.2, 0.25) is 0 Å². The van der Waals surface area contributed by atoms with Crippen LogP contribution in [-0.4, -0.2) is 25.2 Å². The molecule has 1 aliphatic heterocycles. The van der Waals surface area contributed by atoms with Crippen LogP contribution in [-0.2, 0) is 4.79 Å². The molecule has 1 saturated heterocycles. The number of hydrogen-bond acceptors (Lipinski definition) is 4. The second-order valence-corrected chi connectivity index (χ2v) is 5.94. The number of carbonyl (C=O) groups is 1. The first-order chi connectivity index (χ1) is 12.0. The number of ether oxygens (including phenoxy) is 2. The third-order valence-corrected chi connectivity index (χ3v) is 4.16. The Kier molecular flexibility index (Phi) is 4.72. The fourth-order valence-electron chi connectivity index (χ4n) is 2.72. The molecular weight excluding hydrogens is 336 g/mol. The van der Waals surface area contributed by atoms with E-state index in [2.05, 4.69) is 5.32 Å². The largest absolute Gasteiger partial charge is 0.493 e. The van der Waals surface area contributed by atoms with Gasteiger partial charge in [0, 0.05) is 5.56 Å². The van der Waals surface area contributed by atoms with Crippen molar-refractivity contribution < 1.29 is 14.3 Å². The van der Waals surface area contributed by atoms with Crippen molar-refractivity contribution in [3.8, 4) is 11.5 Å². The van der Waals surface area contributed by atoms with Crippen LogP contribution >= 0.6 is 12.2 Å². The number of rotatable bonds is 4. The Bertz CT molecular complexity index is 877. The third-order valence-electron chi connectivity index (χ3n) is 3.87. The highest BCUT2D eigenvalue weighted by Crippen LogP contribution is 2.33. The Hall–Kier alpha value is -2.86. The van der Waals surface area contributed by atoms with Crippen molar-refractivity contribution in [3.05, 3.63) is 59.3 Å². The average Bonchev–Trinajstić information content (AvgIpc) is 2.88. The highest BCUT2D eigenvalue weighted by atomic mass is 32.1. The highest BCUT2D eigenvalue weighted by Gasteiger charge is 2.32. The molecule has 3 rings (SSSR count). The van der Waals surface area contributed by atoms with Crippen molar-refractivity contribution in [2.45, 2.75) is 6.92 Å². The summed E-state index contributed by atoms with van der Waals surface area (Å²) in [6.45, 7) is 1.97. The first kappa shape index (κ1) is 17.0. The molecule has 2 aromatic rings. The number of thiocarbonyl (C=S) groups is 1. The van der Waals surface area contributed by atoms with Gasteiger partial charge in [-0.3, -0.25) is 9.69 Å². The Morgan fingerprint density at radius 2 is 1.88 bits per heavy atom. The van der Waals surface area contributed by atoms with Gasteiger partial charge in [-0.05, 0) is 49.0 Å². The molecule has 0 aliphatic carbocycles. The van der Waals surface area contributed by atoms with Crippen LogP contribution < -0.4 is 19.7 Å². The summed E-state index contributed by atoms with van der Waals surface area (Å²) in [6.07, 6.45) is 1.71. The molecule has 5 nitrogen and oxygen atoms in total. The molecule has 2 aromatic carbocycles. The van der Waals surface area contributed by atoms with E-state index in [-0.39, 0.29) is 5.91 Å². The number of aryl methyl sites for hydroxylation is 1. The first-order valence-corrected chi connectivity index (χ1v) is 8.10. The molecule has 1 fully saturated rings. The maximum atomic E-state index is 12.8. The number of nitrogens with zero attached hydrogens (tertiary/aromatic N) is 1. The minimum Gasteiger partial charge on any atom is -0.493 e. The zero-order valence-corrected chi connectivity index (χ0v) is 15.0. The number of anilines is 1. The average molecular weight is 354 g/mol. The Morgan fingerprint density at radius 1 is 1.12 bits per heavy atom. The minimum atomic E-state index is -0.208. The van der Waals surface area contributed by atoms with E-state index in [0.29, 0.717) is 22.3 Å². The van der Waals surface area contributed by atoms with Crippen molar-refractivity contribution in [1.29, 1.82) is 0 Å². The molecule has 128 valence electrons. The van der Waals surface area contributed by atoms with Gasteiger partial charge < -0.3 is 14.8 Å². The van der Waals surface area contributed by atoms with Crippen LogP contribution in [0.15, 0.2) is 48.2 Å². The lowest BCUT2D eigenvalue weighted by Crippen LogP contribution is -2.30. The molecule has 6 heteroatoms. The molecular formula is C19H18N2O3S. The van der Waals surface area contributed by atoms with E-state index in [0.717, 1.165) is 16.8 Å². The van der Waals surface area contributed by atoms with Crippen LogP contribution in [0, 0.1) is 6.92 Å². The predicted molar refractivity (Wildman–Crippen MR) is 102 cm³/mol. The predicted octanol–water partition coefficient (Wildman–Crippen LogP) is 3.27. The van der Waals surface area contributed by atoms with Crippen molar-refractivity contribution in [2.24, 2.45) is 0 Å². The monoisotopic (exact) mass is 354 g/mol. The number of amides is 1. The molecule has 1 aliphatic rings. The van der Waals surface area contributed by atoms with Gasteiger partial charge in [0.1, 0.15) is 5.70 Å². The number of nitrogens with one attached hydrogen (secondary N) is 1. The van der Waals surface area contributed by atoms with Gasteiger partial charge in [-0.15, -0.1) is 0 Å². The topological polar surface area (TPSA) is 50.8 Å². The molecule has 0 saturated carbocycles. The fourth-order valence-corrected chi connectivity index (χ4v) is 3.02. The van der Waals surface area contributed by atoms with Crippen LogP contribution in [0.1, 0.15) is 11.1 Å². The maximum Gasteiger partial charge on any atom is 0.281 e. The molecule has 0 bridgehead atoms. The second-order valence-electron chi connectivity index (χ2n) is 5.55. The van der Waals surface area contributed by atoms with E-state index in [1.54, 1.807) is 26.4 Å². The molecule has 1 N–H and O–H groups in total. The van der Waals surface area contributed by atoms with E-state index >= 15 is 0 Å². The van der Waals surface area contributed by atoms with Gasteiger partial charge in [-0.2, -0.15) is 0 Å². The highest BCUT2D eigenvalue weighted by molar-refractivity contribution is 7.80. The molecule has 0 atom stereocenters. The molecule has 25 heavy (non-hydrogen) atoms. The van der Waals surface area contributed by atoms with Crippen LogP contribution in [0.25, 0.3) is 6.08 Å². The molecule has 0 aromatic heterocycles. The standard InChI is InChI=1S/C19H18N2O3S/c1-12-6-4-8-14(10-12)21-18(22)15(20-19(21)25)11-13-7-5-9-16(23-2)17(13)24-3/h4-11H,1-3H3,(H,20,25)/b15-11+. The summed E-state index contributed by atoms with van der Waals surface area (Å²) in [5.74, 6) is 0.952. The first-order valence-electron chi connectivity index (χ1n) is 7.70. The number of carbonyl (C=O) groups excluding carboxylic acids is 1. The summed E-state index contributed by atoms with van der Waals surface area (Å²) >= 11 is 5.34. The lowest BCUT2D eigenvalue weighted by atomic mass is 10.1. The Labute approximate surface area is 151 Å². The van der Waals surface area contributed by atoms with Gasteiger partial charge in [0.05, 0.1) is 19.9 Å². The zero-order chi connectivity index (χ0) is 18.0. The Balaban J connectivity index is 1.99. The SMILES string of the molecule is COc1cccc(/C=C2/NC(=S)N(c3cccc(C)c3)C2=O)c1OC. The van der Waals surface area contributed by atoms with Gasteiger partial charge >= 0.3 is 0 Å². The van der Waals surface area contributed by atoms with Crippen LogP contribution in [0.4, 0.5) is 5.69 Å². The van der Waals surface area contributed by atoms with Crippen molar-refractivity contribution in [1.82, 2.24) is 5.32 Å². The minimum absolute atomic E-state index is 0.208. The van der Waals surface area contributed by atoms with E-state index in [1.807, 2.05) is 43.3 Å². The second kappa shape index (κ2) is 6.94. The molecule has 0 radical (unpaired) electrons. The van der Waals surface area contributed by atoms with Crippen LogP contribution in [0.5, 0.6) is 11.5 Å². The molecule has 0 spiro atoms. The van der Waals surface area contributed by atoms with Crippen molar-refractivity contribution >= 4 is 35.0 Å². The number of para-hydroxylation sites is 1. The van der Waals surface area contributed by atoms with E-state index in [9.17, 15) is 4.79 Å². The third kappa shape index (κ3) is 3.21. The molecule has 1 heterocycles. The van der Waals surface area contributed by atoms with E-state index < -0.39 is 0 Å². The number of benzene rings is 2. The van der Waals surface area contributed by atoms with Crippen molar-refractivity contribution in [3.63, 3.8) is 0 Å². The number of hydrogen-bond donors (Lipinski definition) is 1. The van der Waals surface area contributed by atoms with Gasteiger partial charge in [-0.1, -0.05) is 24.3 Å². The van der Waals surface area contributed by atoms with Gasteiger partial charge in [0.15, 0.2) is 16.6 Å².